The topological polar surface area (TPSA) is 61.9 Å². The van der Waals surface area contributed by atoms with Crippen molar-refractivity contribution in [1.82, 2.24) is 5.32 Å². The van der Waals surface area contributed by atoms with Crippen LogP contribution in [0.2, 0.25) is 0 Å². The van der Waals surface area contributed by atoms with E-state index in [9.17, 15) is 27.2 Å². The van der Waals surface area contributed by atoms with Gasteiger partial charge < -0.3 is 10.1 Å². The van der Waals surface area contributed by atoms with Gasteiger partial charge in [-0.2, -0.15) is 13.2 Å². The van der Waals surface area contributed by atoms with Crippen molar-refractivity contribution in [2.24, 2.45) is 0 Å². The smallest absolute Gasteiger partial charge is 0.407 e. The third-order valence-electron chi connectivity index (χ3n) is 4.41. The van der Waals surface area contributed by atoms with Gasteiger partial charge in [0, 0.05) is 25.8 Å². The zero-order chi connectivity index (χ0) is 21.3. The van der Waals surface area contributed by atoms with Crippen LogP contribution in [0.25, 0.3) is 0 Å². The van der Waals surface area contributed by atoms with E-state index in [1.807, 2.05) is 0 Å². The lowest BCUT2D eigenvalue weighted by Crippen LogP contribution is -2.32. The number of rotatable bonds is 3. The molecule has 10 heteroatoms. The Morgan fingerprint density at radius 1 is 1.21 bits per heavy atom. The zero-order valence-corrected chi connectivity index (χ0v) is 15.5. The molecule has 3 rings (SSSR count). The maximum absolute atomic E-state index is 13.2. The molecule has 1 N–H and O–H groups in total. The van der Waals surface area contributed by atoms with E-state index in [2.05, 4.69) is 5.32 Å². The van der Waals surface area contributed by atoms with Crippen molar-refractivity contribution >= 4 is 23.5 Å². The summed E-state index contributed by atoms with van der Waals surface area (Å²) in [7, 11) is 1.37. The Kier molecular flexibility index (Phi) is 5.36. The molecule has 1 aliphatic heterocycles. The third kappa shape index (κ3) is 4.25. The standard InChI is InChI=1S/C19H17F4N3O3/c1-11-9-12(19(21,22)23)10-15(26-8-7-24-17(26)27)16(11)29-18(28)25(2)14-5-3-13(20)4-6-14/h3-6,9-10H,7-8H2,1-2H3,(H,24,27). The number of alkyl halides is 3. The number of aryl methyl sites for hydroxylation is 1. The molecule has 0 bridgehead atoms. The second-order valence-electron chi connectivity index (χ2n) is 6.43. The SMILES string of the molecule is Cc1cc(C(F)(F)F)cc(N2CCNC2=O)c1OC(=O)N(C)c1ccc(F)cc1. The van der Waals surface area contributed by atoms with Crippen LogP contribution in [0.3, 0.4) is 0 Å². The lowest BCUT2D eigenvalue weighted by atomic mass is 10.1. The predicted octanol–water partition coefficient (Wildman–Crippen LogP) is 4.32. The van der Waals surface area contributed by atoms with Gasteiger partial charge in [-0.05, 0) is 48.9 Å². The van der Waals surface area contributed by atoms with E-state index in [1.54, 1.807) is 0 Å². The van der Waals surface area contributed by atoms with Crippen molar-refractivity contribution in [3.05, 3.63) is 53.3 Å². The molecule has 2 aromatic carbocycles. The van der Waals surface area contributed by atoms with E-state index in [4.69, 9.17) is 4.74 Å². The minimum Gasteiger partial charge on any atom is -0.407 e. The Morgan fingerprint density at radius 3 is 2.41 bits per heavy atom. The summed E-state index contributed by atoms with van der Waals surface area (Å²) < 4.78 is 58.2. The van der Waals surface area contributed by atoms with Crippen molar-refractivity contribution < 1.29 is 31.9 Å². The molecule has 6 nitrogen and oxygen atoms in total. The van der Waals surface area contributed by atoms with Gasteiger partial charge in [-0.15, -0.1) is 0 Å². The van der Waals surface area contributed by atoms with Gasteiger partial charge in [-0.1, -0.05) is 0 Å². The van der Waals surface area contributed by atoms with E-state index >= 15 is 0 Å². The summed E-state index contributed by atoms with van der Waals surface area (Å²) >= 11 is 0. The fourth-order valence-electron chi connectivity index (χ4n) is 2.88. The molecule has 1 heterocycles. The average molecular weight is 411 g/mol. The maximum Gasteiger partial charge on any atom is 0.419 e. The summed E-state index contributed by atoms with van der Waals surface area (Å²) in [4.78, 5) is 26.7. The number of nitrogens with one attached hydrogen (secondary N) is 1. The van der Waals surface area contributed by atoms with Crippen molar-refractivity contribution in [2.75, 3.05) is 29.9 Å². The number of amides is 3. The molecule has 1 saturated heterocycles. The number of nitrogens with zero attached hydrogens (tertiary/aromatic N) is 2. The summed E-state index contributed by atoms with van der Waals surface area (Å²) in [6, 6.07) is 6.05. The van der Waals surface area contributed by atoms with Crippen LogP contribution >= 0.6 is 0 Å². The quantitative estimate of drug-likeness (QED) is 0.766. The molecular formula is C19H17F4N3O3. The Bertz CT molecular complexity index is 945. The van der Waals surface area contributed by atoms with Crippen LogP contribution in [-0.4, -0.2) is 32.3 Å². The van der Waals surface area contributed by atoms with Crippen molar-refractivity contribution in [3.8, 4) is 5.75 Å². The normalized spacial score (nSPS) is 14.0. The average Bonchev–Trinajstić information content (AvgIpc) is 3.08. The molecule has 2 aromatic rings. The molecule has 29 heavy (non-hydrogen) atoms. The zero-order valence-electron chi connectivity index (χ0n) is 15.5. The Labute approximate surface area is 163 Å². The number of halogens is 4. The first kappa shape index (κ1) is 20.4. The minimum atomic E-state index is -4.64. The minimum absolute atomic E-state index is 0.0374. The molecule has 0 aliphatic carbocycles. The first-order valence-corrected chi connectivity index (χ1v) is 8.56. The van der Waals surface area contributed by atoms with E-state index in [0.29, 0.717) is 5.69 Å². The summed E-state index contributed by atoms with van der Waals surface area (Å²) in [6.07, 6.45) is -5.54. The van der Waals surface area contributed by atoms with Gasteiger partial charge in [0.15, 0.2) is 5.75 Å². The number of hydrogen-bond acceptors (Lipinski definition) is 3. The molecule has 0 spiro atoms. The van der Waals surface area contributed by atoms with Crippen LogP contribution in [0, 0.1) is 12.7 Å². The lowest BCUT2D eigenvalue weighted by Gasteiger charge is -2.23. The monoisotopic (exact) mass is 411 g/mol. The van der Waals surface area contributed by atoms with E-state index in [0.717, 1.165) is 34.1 Å². The highest BCUT2D eigenvalue weighted by atomic mass is 19.4. The molecular weight excluding hydrogens is 394 g/mol. The summed E-state index contributed by atoms with van der Waals surface area (Å²) in [5, 5.41) is 2.50. The molecule has 0 saturated carbocycles. The number of hydrogen-bond donors (Lipinski definition) is 1. The Balaban J connectivity index is 1.98. The molecule has 1 fully saturated rings. The number of ether oxygens (including phenoxy) is 1. The molecule has 1 aliphatic rings. The fraction of sp³-hybridized carbons (Fsp3) is 0.263. The van der Waals surface area contributed by atoms with Gasteiger partial charge in [0.05, 0.1) is 11.3 Å². The van der Waals surface area contributed by atoms with Crippen LogP contribution in [-0.2, 0) is 6.18 Å². The Morgan fingerprint density at radius 2 is 1.86 bits per heavy atom. The lowest BCUT2D eigenvalue weighted by molar-refractivity contribution is -0.137. The van der Waals surface area contributed by atoms with Gasteiger partial charge in [0.25, 0.3) is 0 Å². The van der Waals surface area contributed by atoms with E-state index < -0.39 is 29.7 Å². The Hall–Kier alpha value is -3.30. The number of carbonyl (C=O) groups excluding carboxylic acids is 2. The maximum atomic E-state index is 13.2. The van der Waals surface area contributed by atoms with Gasteiger partial charge in [0.2, 0.25) is 0 Å². The molecule has 154 valence electrons. The molecule has 0 atom stereocenters. The second-order valence-corrected chi connectivity index (χ2v) is 6.43. The summed E-state index contributed by atoms with van der Waals surface area (Å²) in [6.45, 7) is 1.72. The van der Waals surface area contributed by atoms with Crippen molar-refractivity contribution in [3.63, 3.8) is 0 Å². The molecule has 0 unspecified atom stereocenters. The fourth-order valence-corrected chi connectivity index (χ4v) is 2.88. The predicted molar refractivity (Wildman–Crippen MR) is 97.8 cm³/mol. The molecule has 0 aromatic heterocycles. The number of benzene rings is 2. The number of carbonyl (C=O) groups is 2. The van der Waals surface area contributed by atoms with Crippen LogP contribution < -0.4 is 19.9 Å². The van der Waals surface area contributed by atoms with Crippen LogP contribution in [0.5, 0.6) is 5.75 Å². The highest BCUT2D eigenvalue weighted by Crippen LogP contribution is 2.40. The van der Waals surface area contributed by atoms with E-state index in [-0.39, 0.29) is 30.1 Å². The third-order valence-corrected chi connectivity index (χ3v) is 4.41. The number of anilines is 2. The first-order chi connectivity index (χ1) is 13.6. The first-order valence-electron chi connectivity index (χ1n) is 8.56. The van der Waals surface area contributed by atoms with Crippen LogP contribution in [0.15, 0.2) is 36.4 Å². The highest BCUT2D eigenvalue weighted by Gasteiger charge is 2.35. The second kappa shape index (κ2) is 7.61. The van der Waals surface area contributed by atoms with Crippen molar-refractivity contribution in [1.29, 1.82) is 0 Å². The summed E-state index contributed by atoms with van der Waals surface area (Å²) in [5.41, 5.74) is -0.763. The van der Waals surface area contributed by atoms with Crippen LogP contribution in [0.1, 0.15) is 11.1 Å². The number of urea groups is 1. The van der Waals surface area contributed by atoms with Crippen molar-refractivity contribution in [2.45, 2.75) is 13.1 Å². The largest absolute Gasteiger partial charge is 0.419 e. The van der Waals surface area contributed by atoms with E-state index in [1.165, 1.54) is 26.1 Å². The molecule has 0 radical (unpaired) electrons. The summed E-state index contributed by atoms with van der Waals surface area (Å²) in [5.74, 6) is -0.648. The van der Waals surface area contributed by atoms with Gasteiger partial charge >= 0.3 is 18.3 Å². The van der Waals surface area contributed by atoms with Gasteiger partial charge in [0.1, 0.15) is 5.82 Å². The highest BCUT2D eigenvalue weighted by molar-refractivity contribution is 5.97. The molecule has 3 amide bonds. The van der Waals surface area contributed by atoms with Gasteiger partial charge in [-0.3, -0.25) is 9.80 Å². The van der Waals surface area contributed by atoms with Gasteiger partial charge in [-0.25, -0.2) is 14.0 Å². The van der Waals surface area contributed by atoms with Crippen LogP contribution in [0.4, 0.5) is 38.5 Å².